The minimum absolute atomic E-state index is 0.593. The molecule has 0 radical (unpaired) electrons. The Hall–Kier alpha value is -1.06. The van der Waals surface area contributed by atoms with Gasteiger partial charge in [-0.2, -0.15) is 0 Å². The van der Waals surface area contributed by atoms with Crippen LogP contribution in [0.2, 0.25) is 0 Å². The molecule has 0 atom stereocenters. The van der Waals surface area contributed by atoms with Crippen LogP contribution < -0.4 is 10.2 Å². The van der Waals surface area contributed by atoms with E-state index in [0.717, 1.165) is 19.6 Å². The molecule has 18 heavy (non-hydrogen) atoms. The normalized spacial score (nSPS) is 17.4. The number of benzene rings is 1. The van der Waals surface area contributed by atoms with Crippen molar-refractivity contribution in [2.45, 2.75) is 19.9 Å². The highest BCUT2D eigenvalue weighted by Gasteiger charge is 2.16. The van der Waals surface area contributed by atoms with Crippen molar-refractivity contribution in [2.75, 3.05) is 44.2 Å². The minimum atomic E-state index is 0.593. The molecule has 1 aliphatic heterocycles. The summed E-state index contributed by atoms with van der Waals surface area (Å²) in [5.74, 6) is 0. The molecular formula is C15H25N3. The standard InChI is InChI=1S/C15H25N3/c1-14(2)16-8-9-17-10-12-18(13-11-17)15-6-4-3-5-7-15/h3-7,14,16H,8-13H2,1-2H3. The van der Waals surface area contributed by atoms with E-state index < -0.39 is 0 Å². The van der Waals surface area contributed by atoms with Crippen LogP contribution in [0.5, 0.6) is 0 Å². The summed E-state index contributed by atoms with van der Waals surface area (Å²) in [7, 11) is 0. The molecule has 1 aliphatic rings. The highest BCUT2D eigenvalue weighted by atomic mass is 15.3. The summed E-state index contributed by atoms with van der Waals surface area (Å²) < 4.78 is 0. The summed E-state index contributed by atoms with van der Waals surface area (Å²) in [5, 5.41) is 3.48. The zero-order valence-electron chi connectivity index (χ0n) is 11.6. The van der Waals surface area contributed by atoms with Gasteiger partial charge in [0.1, 0.15) is 0 Å². The van der Waals surface area contributed by atoms with E-state index in [2.05, 4.69) is 59.3 Å². The number of hydrogen-bond acceptors (Lipinski definition) is 3. The number of nitrogens with zero attached hydrogens (tertiary/aromatic N) is 2. The third-order valence-corrected chi connectivity index (χ3v) is 3.47. The summed E-state index contributed by atoms with van der Waals surface area (Å²) in [6.45, 7) is 11.3. The molecule has 1 heterocycles. The summed E-state index contributed by atoms with van der Waals surface area (Å²) >= 11 is 0. The largest absolute Gasteiger partial charge is 0.369 e. The van der Waals surface area contributed by atoms with Crippen LogP contribution >= 0.6 is 0 Å². The van der Waals surface area contributed by atoms with Gasteiger partial charge in [0.05, 0.1) is 0 Å². The first-order valence-corrected chi connectivity index (χ1v) is 7.01. The van der Waals surface area contributed by atoms with E-state index in [1.54, 1.807) is 0 Å². The van der Waals surface area contributed by atoms with E-state index in [0.29, 0.717) is 6.04 Å². The van der Waals surface area contributed by atoms with Crippen LogP contribution in [0, 0.1) is 0 Å². The van der Waals surface area contributed by atoms with E-state index in [-0.39, 0.29) is 0 Å². The lowest BCUT2D eigenvalue weighted by atomic mass is 10.2. The predicted molar refractivity (Wildman–Crippen MR) is 78.2 cm³/mol. The van der Waals surface area contributed by atoms with Crippen molar-refractivity contribution in [3.8, 4) is 0 Å². The molecule has 100 valence electrons. The van der Waals surface area contributed by atoms with E-state index >= 15 is 0 Å². The second-order valence-electron chi connectivity index (χ2n) is 5.27. The van der Waals surface area contributed by atoms with Crippen molar-refractivity contribution < 1.29 is 0 Å². The molecule has 0 unspecified atom stereocenters. The van der Waals surface area contributed by atoms with Gasteiger partial charge in [0.2, 0.25) is 0 Å². The van der Waals surface area contributed by atoms with Gasteiger partial charge in [-0.3, -0.25) is 4.90 Å². The van der Waals surface area contributed by atoms with E-state index in [4.69, 9.17) is 0 Å². The maximum atomic E-state index is 3.48. The van der Waals surface area contributed by atoms with E-state index in [9.17, 15) is 0 Å². The quantitative estimate of drug-likeness (QED) is 0.856. The first-order valence-electron chi connectivity index (χ1n) is 7.01. The average molecular weight is 247 g/mol. The molecule has 1 saturated heterocycles. The van der Waals surface area contributed by atoms with Gasteiger partial charge in [-0.25, -0.2) is 0 Å². The molecule has 1 N–H and O–H groups in total. The summed E-state index contributed by atoms with van der Waals surface area (Å²) in [4.78, 5) is 5.03. The second-order valence-corrected chi connectivity index (χ2v) is 5.27. The van der Waals surface area contributed by atoms with Gasteiger partial charge in [0, 0.05) is 51.0 Å². The zero-order chi connectivity index (χ0) is 12.8. The lowest BCUT2D eigenvalue weighted by Gasteiger charge is -2.36. The highest BCUT2D eigenvalue weighted by molar-refractivity contribution is 5.46. The number of nitrogens with one attached hydrogen (secondary N) is 1. The molecule has 1 aromatic rings. The third-order valence-electron chi connectivity index (χ3n) is 3.47. The van der Waals surface area contributed by atoms with Gasteiger partial charge >= 0.3 is 0 Å². The maximum Gasteiger partial charge on any atom is 0.0367 e. The first kappa shape index (κ1) is 13.4. The van der Waals surface area contributed by atoms with E-state index in [1.165, 1.54) is 25.3 Å². The maximum absolute atomic E-state index is 3.48. The van der Waals surface area contributed by atoms with Gasteiger partial charge in [0.15, 0.2) is 0 Å². The fourth-order valence-electron chi connectivity index (χ4n) is 2.38. The second kappa shape index (κ2) is 6.76. The molecule has 0 aromatic heterocycles. The van der Waals surface area contributed by atoms with Gasteiger partial charge in [-0.1, -0.05) is 32.0 Å². The Balaban J connectivity index is 1.71. The van der Waals surface area contributed by atoms with Crippen LogP contribution in [-0.2, 0) is 0 Å². The van der Waals surface area contributed by atoms with Crippen LogP contribution in [0.3, 0.4) is 0 Å². The summed E-state index contributed by atoms with van der Waals surface area (Å²) in [6.07, 6.45) is 0. The molecule has 0 bridgehead atoms. The molecule has 1 aromatic carbocycles. The fourth-order valence-corrected chi connectivity index (χ4v) is 2.38. The van der Waals surface area contributed by atoms with Crippen LogP contribution in [-0.4, -0.2) is 50.2 Å². The summed E-state index contributed by atoms with van der Waals surface area (Å²) in [5.41, 5.74) is 1.36. The molecule has 3 nitrogen and oxygen atoms in total. The van der Waals surface area contributed by atoms with Crippen LogP contribution in [0.1, 0.15) is 13.8 Å². The average Bonchev–Trinajstić information content (AvgIpc) is 2.40. The number of para-hydroxylation sites is 1. The third kappa shape index (κ3) is 4.00. The Bertz CT molecular complexity index is 329. The van der Waals surface area contributed by atoms with Crippen molar-refractivity contribution in [2.24, 2.45) is 0 Å². The highest BCUT2D eigenvalue weighted by Crippen LogP contribution is 2.15. The van der Waals surface area contributed by atoms with Gasteiger partial charge in [0.25, 0.3) is 0 Å². The van der Waals surface area contributed by atoms with Crippen LogP contribution in [0.15, 0.2) is 30.3 Å². The molecule has 0 amide bonds. The minimum Gasteiger partial charge on any atom is -0.369 e. The lowest BCUT2D eigenvalue weighted by molar-refractivity contribution is 0.255. The molecule has 0 spiro atoms. The number of rotatable bonds is 5. The van der Waals surface area contributed by atoms with Crippen molar-refractivity contribution in [1.29, 1.82) is 0 Å². The van der Waals surface area contributed by atoms with Gasteiger partial charge in [-0.05, 0) is 12.1 Å². The van der Waals surface area contributed by atoms with Gasteiger partial charge in [-0.15, -0.1) is 0 Å². The Morgan fingerprint density at radius 2 is 1.72 bits per heavy atom. The number of anilines is 1. The summed E-state index contributed by atoms with van der Waals surface area (Å²) in [6, 6.07) is 11.3. The fraction of sp³-hybridized carbons (Fsp3) is 0.600. The van der Waals surface area contributed by atoms with Crippen molar-refractivity contribution in [1.82, 2.24) is 10.2 Å². The van der Waals surface area contributed by atoms with Crippen molar-refractivity contribution in [3.63, 3.8) is 0 Å². The first-order chi connectivity index (χ1) is 8.75. The van der Waals surface area contributed by atoms with Crippen molar-refractivity contribution >= 4 is 5.69 Å². The Morgan fingerprint density at radius 3 is 2.33 bits per heavy atom. The van der Waals surface area contributed by atoms with Crippen LogP contribution in [0.25, 0.3) is 0 Å². The lowest BCUT2D eigenvalue weighted by Crippen LogP contribution is -2.48. The number of piperazine rings is 1. The van der Waals surface area contributed by atoms with Crippen molar-refractivity contribution in [3.05, 3.63) is 30.3 Å². The molecule has 1 fully saturated rings. The smallest absolute Gasteiger partial charge is 0.0367 e. The predicted octanol–water partition coefficient (Wildman–Crippen LogP) is 1.81. The Morgan fingerprint density at radius 1 is 1.06 bits per heavy atom. The Labute approximate surface area is 111 Å². The molecule has 2 rings (SSSR count). The number of hydrogen-bond donors (Lipinski definition) is 1. The topological polar surface area (TPSA) is 18.5 Å². The molecular weight excluding hydrogens is 222 g/mol. The monoisotopic (exact) mass is 247 g/mol. The molecule has 3 heteroatoms. The van der Waals surface area contributed by atoms with E-state index in [1.807, 2.05) is 0 Å². The Kier molecular flexibility index (Phi) is 5.02. The molecule has 0 saturated carbocycles. The van der Waals surface area contributed by atoms with Crippen LogP contribution in [0.4, 0.5) is 5.69 Å². The zero-order valence-corrected chi connectivity index (χ0v) is 11.6. The van der Waals surface area contributed by atoms with Gasteiger partial charge < -0.3 is 10.2 Å². The SMILES string of the molecule is CC(C)NCCN1CCN(c2ccccc2)CC1. The molecule has 0 aliphatic carbocycles.